The molecule has 9 heteroatoms. The number of hydrogen-bond donors (Lipinski definition) is 2. The zero-order valence-corrected chi connectivity index (χ0v) is 19.3. The molecule has 2 N–H and O–H groups in total. The fourth-order valence-corrected chi connectivity index (χ4v) is 5.33. The van der Waals surface area contributed by atoms with Gasteiger partial charge < -0.3 is 14.9 Å². The maximum absolute atomic E-state index is 13.6. The molecule has 1 saturated carbocycles. The molecule has 1 aromatic carbocycles. The average molecular weight is 477 g/mol. The number of benzene rings is 1. The van der Waals surface area contributed by atoms with Crippen molar-refractivity contribution in [2.24, 2.45) is 0 Å². The predicted molar refractivity (Wildman–Crippen MR) is 121 cm³/mol. The molecule has 2 aromatic rings. The van der Waals surface area contributed by atoms with Crippen LogP contribution in [0.2, 0.25) is 0 Å². The van der Waals surface area contributed by atoms with Crippen LogP contribution in [0.3, 0.4) is 0 Å². The van der Waals surface area contributed by atoms with Crippen molar-refractivity contribution in [3.63, 3.8) is 0 Å². The maximum Gasteiger partial charge on any atom is 0.416 e. The number of nitrogens with zero attached hydrogens (tertiary/aromatic N) is 3. The lowest BCUT2D eigenvalue weighted by Crippen LogP contribution is -2.51. The van der Waals surface area contributed by atoms with E-state index in [1.807, 2.05) is 0 Å². The molecule has 5 rings (SSSR count). The van der Waals surface area contributed by atoms with Crippen LogP contribution in [-0.2, 0) is 6.18 Å². The van der Waals surface area contributed by atoms with Crippen LogP contribution in [0.15, 0.2) is 24.3 Å². The second kappa shape index (κ2) is 8.91. The van der Waals surface area contributed by atoms with Crippen molar-refractivity contribution in [1.29, 1.82) is 0 Å². The number of aliphatic hydroxyl groups excluding tert-OH is 1. The summed E-state index contributed by atoms with van der Waals surface area (Å²) in [7, 11) is 0. The third-order valence-corrected chi connectivity index (χ3v) is 7.55. The van der Waals surface area contributed by atoms with Gasteiger partial charge in [-0.15, -0.1) is 0 Å². The van der Waals surface area contributed by atoms with Gasteiger partial charge >= 0.3 is 12.2 Å². The highest BCUT2D eigenvalue weighted by Crippen LogP contribution is 2.42. The summed E-state index contributed by atoms with van der Waals surface area (Å²) in [6, 6.07) is 6.50. The molecular weight excluding hydrogens is 445 g/mol. The van der Waals surface area contributed by atoms with Crippen LogP contribution in [-0.4, -0.2) is 63.4 Å². The number of H-pyrrole nitrogens is 1. The molecule has 3 fully saturated rings. The number of alkyl halides is 3. The smallest absolute Gasteiger partial charge is 0.393 e. The highest BCUT2D eigenvalue weighted by molar-refractivity contribution is 5.75. The number of hydrogen-bond acceptors (Lipinski definition) is 3. The molecule has 184 valence electrons. The Morgan fingerprint density at radius 1 is 1.03 bits per heavy atom. The van der Waals surface area contributed by atoms with Gasteiger partial charge in [-0.25, -0.2) is 4.79 Å². The lowest BCUT2D eigenvalue weighted by atomic mass is 9.82. The topological polar surface area (TPSA) is 72.5 Å². The van der Waals surface area contributed by atoms with Gasteiger partial charge in [-0.05, 0) is 62.3 Å². The van der Waals surface area contributed by atoms with Crippen molar-refractivity contribution in [1.82, 2.24) is 20.0 Å². The first kappa shape index (κ1) is 23.2. The van der Waals surface area contributed by atoms with E-state index in [-0.39, 0.29) is 29.5 Å². The van der Waals surface area contributed by atoms with Crippen molar-refractivity contribution in [2.75, 3.05) is 26.2 Å². The Bertz CT molecular complexity index is 1040. The highest BCUT2D eigenvalue weighted by atomic mass is 19.4. The summed E-state index contributed by atoms with van der Waals surface area (Å²) in [4.78, 5) is 16.9. The Labute approximate surface area is 197 Å². The molecule has 3 heterocycles. The Kier molecular flexibility index (Phi) is 6.08. The molecule has 3 aliphatic rings. The molecule has 6 nitrogen and oxygen atoms in total. The molecule has 2 saturated heterocycles. The van der Waals surface area contributed by atoms with Crippen LogP contribution in [0, 0.1) is 6.92 Å². The molecule has 0 bridgehead atoms. The van der Waals surface area contributed by atoms with E-state index in [9.17, 15) is 23.1 Å². The Balaban J connectivity index is 1.43. The summed E-state index contributed by atoms with van der Waals surface area (Å²) in [5, 5.41) is 17.5. The number of rotatable bonds is 3. The summed E-state index contributed by atoms with van der Waals surface area (Å²) in [5.41, 5.74) is 2.17. The van der Waals surface area contributed by atoms with Crippen LogP contribution in [0.4, 0.5) is 18.0 Å². The number of carbonyl (C=O) groups excluding carboxylic acids is 1. The number of halogens is 3. The van der Waals surface area contributed by atoms with Crippen LogP contribution >= 0.6 is 0 Å². The van der Waals surface area contributed by atoms with Gasteiger partial charge in [0.15, 0.2) is 0 Å². The van der Waals surface area contributed by atoms with E-state index >= 15 is 0 Å². The standard InChI is InChI=1S/C25H31F3N4O2/c1-15-2-3-17(11-21(15)25(26,27)28)18-10-19(23-12-22(29-30-23)16-4-5-16)14-32(13-18)24(34)31-8-6-20(33)7-9-31/h2-3,11-12,16,18-20,33H,4-10,13-14H2,1H3,(H,29,30). The summed E-state index contributed by atoms with van der Waals surface area (Å²) >= 11 is 0. The van der Waals surface area contributed by atoms with E-state index in [1.54, 1.807) is 15.9 Å². The van der Waals surface area contributed by atoms with Gasteiger partial charge in [-0.3, -0.25) is 5.10 Å². The van der Waals surface area contributed by atoms with Gasteiger partial charge in [0, 0.05) is 49.6 Å². The van der Waals surface area contributed by atoms with Crippen molar-refractivity contribution >= 4 is 6.03 Å². The fourth-order valence-electron chi connectivity index (χ4n) is 5.33. The first-order valence-electron chi connectivity index (χ1n) is 12.1. The lowest BCUT2D eigenvalue weighted by Gasteiger charge is -2.41. The van der Waals surface area contributed by atoms with Crippen LogP contribution in [0.25, 0.3) is 0 Å². The molecular formula is C25H31F3N4O2. The molecule has 1 aliphatic carbocycles. The zero-order chi connectivity index (χ0) is 24.0. The Hall–Kier alpha value is -2.55. The lowest BCUT2D eigenvalue weighted by molar-refractivity contribution is -0.138. The fraction of sp³-hybridized carbons (Fsp3) is 0.600. The number of urea groups is 1. The molecule has 1 aromatic heterocycles. The molecule has 0 radical (unpaired) electrons. The summed E-state index contributed by atoms with van der Waals surface area (Å²) < 4.78 is 40.8. The minimum atomic E-state index is -4.42. The molecule has 2 unspecified atom stereocenters. The van der Waals surface area contributed by atoms with Crippen LogP contribution in [0.1, 0.15) is 77.9 Å². The quantitative estimate of drug-likeness (QED) is 0.671. The van der Waals surface area contributed by atoms with Crippen LogP contribution in [0.5, 0.6) is 0 Å². The second-order valence-corrected chi connectivity index (χ2v) is 10.1. The number of amides is 2. The second-order valence-electron chi connectivity index (χ2n) is 10.1. The SMILES string of the molecule is Cc1ccc(C2CC(c3cc(C4CC4)[nH]n3)CN(C(=O)N3CCC(O)CC3)C2)cc1C(F)(F)F. The minimum absolute atomic E-state index is 0.0579. The van der Waals surface area contributed by atoms with Crippen molar-refractivity contribution in [3.05, 3.63) is 52.3 Å². The first-order chi connectivity index (χ1) is 16.2. The number of nitrogens with one attached hydrogen (secondary N) is 1. The van der Waals surface area contributed by atoms with Crippen molar-refractivity contribution < 1.29 is 23.1 Å². The summed E-state index contributed by atoms with van der Waals surface area (Å²) in [5.74, 6) is 0.239. The highest BCUT2D eigenvalue weighted by Gasteiger charge is 2.38. The van der Waals surface area contributed by atoms with Crippen LogP contribution < -0.4 is 0 Å². The predicted octanol–water partition coefficient (Wildman–Crippen LogP) is 4.76. The Morgan fingerprint density at radius 2 is 1.74 bits per heavy atom. The van der Waals surface area contributed by atoms with E-state index in [0.29, 0.717) is 56.9 Å². The number of aromatic nitrogens is 2. The normalized spacial score (nSPS) is 24.5. The van der Waals surface area contributed by atoms with Crippen molar-refractivity contribution in [2.45, 2.75) is 69.1 Å². The monoisotopic (exact) mass is 476 g/mol. The van der Waals surface area contributed by atoms with Gasteiger partial charge in [-0.1, -0.05) is 12.1 Å². The van der Waals surface area contributed by atoms with E-state index in [0.717, 1.165) is 24.2 Å². The number of likely N-dealkylation sites (tertiary alicyclic amines) is 2. The number of carbonyl (C=O) groups is 1. The molecule has 0 spiro atoms. The Morgan fingerprint density at radius 3 is 2.41 bits per heavy atom. The van der Waals surface area contributed by atoms with Gasteiger partial charge in [0.25, 0.3) is 0 Å². The molecule has 2 atom stereocenters. The molecule has 34 heavy (non-hydrogen) atoms. The first-order valence-corrected chi connectivity index (χ1v) is 12.1. The summed E-state index contributed by atoms with van der Waals surface area (Å²) in [6.07, 6.45) is -0.790. The zero-order valence-electron chi connectivity index (χ0n) is 19.3. The maximum atomic E-state index is 13.6. The van der Waals surface area contributed by atoms with Gasteiger partial charge in [-0.2, -0.15) is 18.3 Å². The van der Waals surface area contributed by atoms with E-state index < -0.39 is 11.7 Å². The van der Waals surface area contributed by atoms with E-state index in [2.05, 4.69) is 16.3 Å². The third-order valence-electron chi connectivity index (χ3n) is 7.55. The van der Waals surface area contributed by atoms with Crippen molar-refractivity contribution in [3.8, 4) is 0 Å². The number of piperidine rings is 2. The molecule has 2 aliphatic heterocycles. The average Bonchev–Trinajstić information content (AvgIpc) is 3.54. The summed E-state index contributed by atoms with van der Waals surface area (Å²) in [6.45, 7) is 3.31. The van der Waals surface area contributed by atoms with E-state index in [1.165, 1.54) is 19.1 Å². The molecule has 2 amide bonds. The minimum Gasteiger partial charge on any atom is -0.393 e. The number of aromatic amines is 1. The van der Waals surface area contributed by atoms with Gasteiger partial charge in [0.05, 0.1) is 17.4 Å². The largest absolute Gasteiger partial charge is 0.416 e. The number of aliphatic hydroxyl groups is 1. The van der Waals surface area contributed by atoms with Gasteiger partial charge in [0.2, 0.25) is 0 Å². The van der Waals surface area contributed by atoms with Gasteiger partial charge in [0.1, 0.15) is 0 Å². The number of aryl methyl sites for hydroxylation is 1. The van der Waals surface area contributed by atoms with E-state index in [4.69, 9.17) is 0 Å². The third kappa shape index (κ3) is 4.80.